The van der Waals surface area contributed by atoms with Crippen LogP contribution in [0.15, 0.2) is 41.3 Å². The Bertz CT molecular complexity index is 722. The van der Waals surface area contributed by atoms with Gasteiger partial charge in [-0.2, -0.15) is 0 Å². The first kappa shape index (κ1) is 12.9. The van der Waals surface area contributed by atoms with Crippen LogP contribution in [0.3, 0.4) is 0 Å². The summed E-state index contributed by atoms with van der Waals surface area (Å²) >= 11 is 0. The Morgan fingerprint density at radius 2 is 1.72 bits per heavy atom. The molecule has 0 radical (unpaired) electrons. The quantitative estimate of drug-likeness (QED) is 0.628. The van der Waals surface area contributed by atoms with Crippen LogP contribution in [-0.4, -0.2) is 21.5 Å². The molecule has 0 atom stereocenters. The lowest BCUT2D eigenvalue weighted by molar-refractivity contribution is 0.0603. The Morgan fingerprint density at radius 3 is 2.33 bits per heavy atom. The fourth-order valence-electron chi connectivity index (χ4n) is 1.78. The van der Waals surface area contributed by atoms with E-state index in [-0.39, 0.29) is 4.90 Å². The van der Waals surface area contributed by atoms with Crippen molar-refractivity contribution in [2.24, 2.45) is 0 Å². The minimum atomic E-state index is -3.86. The summed E-state index contributed by atoms with van der Waals surface area (Å²) in [4.78, 5) is 11.6. The minimum absolute atomic E-state index is 0.0209. The summed E-state index contributed by atoms with van der Waals surface area (Å²) in [6.07, 6.45) is 0. The van der Waals surface area contributed by atoms with Gasteiger partial charge in [-0.3, -0.25) is 0 Å². The standard InChI is InChI=1S/C12H9ClO4S/c1-17-12(14)10-6-2-5-9-8(10)4-3-7-11(9)18(13,15)16/h2-7H,1H3. The third-order valence-corrected chi connectivity index (χ3v) is 3.93. The third-order valence-electron chi connectivity index (χ3n) is 2.55. The van der Waals surface area contributed by atoms with E-state index < -0.39 is 15.0 Å². The average Bonchev–Trinajstić information content (AvgIpc) is 2.35. The van der Waals surface area contributed by atoms with Crippen molar-refractivity contribution in [3.8, 4) is 0 Å². The number of rotatable bonds is 2. The fraction of sp³-hybridized carbons (Fsp3) is 0.0833. The van der Waals surface area contributed by atoms with Crippen LogP contribution in [0, 0.1) is 0 Å². The topological polar surface area (TPSA) is 60.4 Å². The van der Waals surface area contributed by atoms with Crippen LogP contribution in [0.1, 0.15) is 10.4 Å². The zero-order valence-electron chi connectivity index (χ0n) is 9.38. The zero-order chi connectivity index (χ0) is 13.3. The number of halogens is 1. The van der Waals surface area contributed by atoms with Crippen molar-refractivity contribution in [3.63, 3.8) is 0 Å². The summed E-state index contributed by atoms with van der Waals surface area (Å²) in [5, 5.41) is 0.890. The maximum absolute atomic E-state index is 11.6. The molecule has 0 fully saturated rings. The lowest BCUT2D eigenvalue weighted by Crippen LogP contribution is -2.02. The van der Waals surface area contributed by atoms with Crippen LogP contribution >= 0.6 is 10.7 Å². The monoisotopic (exact) mass is 284 g/mol. The van der Waals surface area contributed by atoms with Gasteiger partial charge >= 0.3 is 5.97 Å². The fourth-order valence-corrected chi connectivity index (χ4v) is 2.87. The highest BCUT2D eigenvalue weighted by Crippen LogP contribution is 2.28. The van der Waals surface area contributed by atoms with Gasteiger partial charge in [0.15, 0.2) is 0 Å². The predicted molar refractivity (Wildman–Crippen MR) is 68.3 cm³/mol. The molecule has 0 aliphatic heterocycles. The van der Waals surface area contributed by atoms with E-state index >= 15 is 0 Å². The van der Waals surface area contributed by atoms with Crippen molar-refractivity contribution < 1.29 is 17.9 Å². The average molecular weight is 285 g/mol. The summed E-state index contributed by atoms with van der Waals surface area (Å²) in [5.74, 6) is -0.523. The SMILES string of the molecule is COC(=O)c1cccc2c(S(=O)(=O)Cl)cccc12. The molecule has 0 aliphatic carbocycles. The number of carbonyl (C=O) groups excluding carboxylic acids is 1. The lowest BCUT2D eigenvalue weighted by Gasteiger charge is -2.07. The molecule has 2 aromatic carbocycles. The minimum Gasteiger partial charge on any atom is -0.465 e. The molecule has 94 valence electrons. The molecule has 0 aromatic heterocycles. The van der Waals surface area contributed by atoms with Crippen molar-refractivity contribution in [3.05, 3.63) is 42.0 Å². The molecule has 2 aromatic rings. The highest BCUT2D eigenvalue weighted by Gasteiger charge is 2.17. The van der Waals surface area contributed by atoms with Crippen molar-refractivity contribution in [2.75, 3.05) is 7.11 Å². The number of esters is 1. The predicted octanol–water partition coefficient (Wildman–Crippen LogP) is 2.55. The van der Waals surface area contributed by atoms with E-state index in [1.54, 1.807) is 24.3 Å². The molecule has 0 N–H and O–H groups in total. The molecule has 0 unspecified atom stereocenters. The Labute approximate surface area is 109 Å². The second kappa shape index (κ2) is 4.59. The maximum atomic E-state index is 11.6. The summed E-state index contributed by atoms with van der Waals surface area (Å²) in [6, 6.07) is 9.32. The summed E-state index contributed by atoms with van der Waals surface area (Å²) in [7, 11) is 2.77. The van der Waals surface area contributed by atoms with Crippen LogP contribution in [0.25, 0.3) is 10.8 Å². The van der Waals surface area contributed by atoms with Gasteiger partial charge in [-0.05, 0) is 17.5 Å². The highest BCUT2D eigenvalue weighted by atomic mass is 35.7. The van der Waals surface area contributed by atoms with Crippen molar-refractivity contribution >= 4 is 36.5 Å². The van der Waals surface area contributed by atoms with Crippen LogP contribution in [-0.2, 0) is 13.8 Å². The molecule has 2 rings (SSSR count). The van der Waals surface area contributed by atoms with Gasteiger partial charge in [0.25, 0.3) is 9.05 Å². The summed E-state index contributed by atoms with van der Waals surface area (Å²) in [6.45, 7) is 0. The van der Waals surface area contributed by atoms with E-state index in [0.717, 1.165) is 0 Å². The number of hydrogen-bond acceptors (Lipinski definition) is 4. The second-order valence-electron chi connectivity index (χ2n) is 3.59. The Balaban J connectivity index is 2.86. The lowest BCUT2D eigenvalue weighted by atomic mass is 10.0. The van der Waals surface area contributed by atoms with Crippen molar-refractivity contribution in [1.82, 2.24) is 0 Å². The first-order valence-electron chi connectivity index (χ1n) is 5.00. The van der Waals surface area contributed by atoms with Crippen LogP contribution in [0.4, 0.5) is 0 Å². The van der Waals surface area contributed by atoms with E-state index in [9.17, 15) is 13.2 Å². The molecule has 0 heterocycles. The molecule has 0 amide bonds. The second-order valence-corrected chi connectivity index (χ2v) is 6.12. The molecule has 18 heavy (non-hydrogen) atoms. The summed E-state index contributed by atoms with van der Waals surface area (Å²) in [5.41, 5.74) is 0.303. The van der Waals surface area contributed by atoms with E-state index in [1.807, 2.05) is 0 Å². The van der Waals surface area contributed by atoms with Gasteiger partial charge in [0.05, 0.1) is 17.6 Å². The first-order chi connectivity index (χ1) is 8.45. The molecular weight excluding hydrogens is 276 g/mol. The van der Waals surface area contributed by atoms with Crippen LogP contribution in [0.5, 0.6) is 0 Å². The van der Waals surface area contributed by atoms with Crippen molar-refractivity contribution in [1.29, 1.82) is 0 Å². The third kappa shape index (κ3) is 2.19. The number of methoxy groups -OCH3 is 1. The molecule has 0 saturated carbocycles. The Hall–Kier alpha value is -1.59. The Morgan fingerprint density at radius 1 is 1.11 bits per heavy atom. The molecule has 0 saturated heterocycles. The molecule has 0 aliphatic rings. The number of ether oxygens (including phenoxy) is 1. The van der Waals surface area contributed by atoms with Gasteiger partial charge in [0.1, 0.15) is 0 Å². The molecular formula is C12H9ClO4S. The van der Waals surface area contributed by atoms with E-state index in [1.165, 1.54) is 19.2 Å². The number of benzene rings is 2. The van der Waals surface area contributed by atoms with Gasteiger partial charge in [0.2, 0.25) is 0 Å². The number of carbonyl (C=O) groups is 1. The Kier molecular flexibility index (Phi) is 3.28. The highest BCUT2D eigenvalue weighted by molar-refractivity contribution is 8.14. The van der Waals surface area contributed by atoms with E-state index in [4.69, 9.17) is 10.7 Å². The maximum Gasteiger partial charge on any atom is 0.338 e. The van der Waals surface area contributed by atoms with Crippen LogP contribution in [0.2, 0.25) is 0 Å². The number of hydrogen-bond donors (Lipinski definition) is 0. The van der Waals surface area contributed by atoms with Gasteiger partial charge in [0, 0.05) is 16.1 Å². The van der Waals surface area contributed by atoms with Gasteiger partial charge < -0.3 is 4.74 Å². The molecule has 0 bridgehead atoms. The van der Waals surface area contributed by atoms with E-state index in [2.05, 4.69) is 4.74 Å². The largest absolute Gasteiger partial charge is 0.465 e. The summed E-state index contributed by atoms with van der Waals surface area (Å²) < 4.78 is 27.5. The smallest absolute Gasteiger partial charge is 0.338 e. The van der Waals surface area contributed by atoms with E-state index in [0.29, 0.717) is 16.3 Å². The van der Waals surface area contributed by atoms with Crippen LogP contribution < -0.4 is 0 Å². The number of fused-ring (bicyclic) bond motifs is 1. The van der Waals surface area contributed by atoms with Crippen molar-refractivity contribution in [2.45, 2.75) is 4.90 Å². The normalized spacial score (nSPS) is 11.4. The van der Waals surface area contributed by atoms with Gasteiger partial charge in [-0.1, -0.05) is 24.3 Å². The van der Waals surface area contributed by atoms with Gasteiger partial charge in [-0.15, -0.1) is 0 Å². The molecule has 4 nitrogen and oxygen atoms in total. The molecule has 0 spiro atoms. The zero-order valence-corrected chi connectivity index (χ0v) is 11.0. The first-order valence-corrected chi connectivity index (χ1v) is 7.31. The van der Waals surface area contributed by atoms with Gasteiger partial charge in [-0.25, -0.2) is 13.2 Å². The molecule has 6 heteroatoms.